The zero-order chi connectivity index (χ0) is 28.4. The number of allylic oxidation sites excluding steroid dienone is 2. The number of aromatic hydroxyl groups is 1. The molecule has 3 aromatic carbocycles. The van der Waals surface area contributed by atoms with Gasteiger partial charge in [-0.15, -0.1) is 0 Å². The fourth-order valence-corrected chi connectivity index (χ4v) is 5.93. The van der Waals surface area contributed by atoms with Crippen LogP contribution in [0.3, 0.4) is 0 Å². The molecular formula is C29H24N6O6. The van der Waals surface area contributed by atoms with Gasteiger partial charge in [-0.25, -0.2) is 47.0 Å². The van der Waals surface area contributed by atoms with Gasteiger partial charge >= 0.3 is 22.8 Å². The number of nitrogens with zero attached hydrogens (tertiary/aromatic N) is 6. The molecule has 41 heavy (non-hydrogen) atoms. The maximum absolute atomic E-state index is 13.9. The number of aromatic nitrogens is 6. The lowest BCUT2D eigenvalue weighted by molar-refractivity contribution is 0.245. The molecule has 0 aliphatic carbocycles. The van der Waals surface area contributed by atoms with Gasteiger partial charge in [-0.05, 0) is 47.5 Å². The van der Waals surface area contributed by atoms with Gasteiger partial charge in [0.1, 0.15) is 6.04 Å². The van der Waals surface area contributed by atoms with Gasteiger partial charge in [-0.3, -0.25) is 0 Å². The number of phenols is 1. The van der Waals surface area contributed by atoms with Crippen LogP contribution in [0.25, 0.3) is 11.4 Å². The van der Waals surface area contributed by atoms with Gasteiger partial charge in [0.2, 0.25) is 0 Å². The summed E-state index contributed by atoms with van der Waals surface area (Å²) in [5.74, 6) is 0.104. The van der Waals surface area contributed by atoms with Crippen molar-refractivity contribution in [2.24, 2.45) is 0 Å². The molecule has 0 unspecified atom stereocenters. The Morgan fingerprint density at radius 2 is 1.32 bits per heavy atom. The Bertz CT molecular complexity index is 2090. The van der Waals surface area contributed by atoms with E-state index in [1.807, 2.05) is 6.08 Å². The number of hydrogen-bond acceptors (Lipinski definition) is 6. The molecule has 0 saturated heterocycles. The summed E-state index contributed by atoms with van der Waals surface area (Å²) in [7, 11) is 1.43. The summed E-state index contributed by atoms with van der Waals surface area (Å²) in [6, 6.07) is 20.3. The van der Waals surface area contributed by atoms with E-state index in [4.69, 9.17) is 4.74 Å². The maximum atomic E-state index is 13.9. The molecule has 0 radical (unpaired) electrons. The first-order valence-corrected chi connectivity index (χ1v) is 13.0. The Kier molecular flexibility index (Phi) is 5.39. The topological polar surface area (TPSA) is 127 Å². The number of rotatable bonds is 4. The van der Waals surface area contributed by atoms with E-state index in [2.05, 4.69) is 0 Å². The van der Waals surface area contributed by atoms with E-state index in [0.717, 1.165) is 9.13 Å². The van der Waals surface area contributed by atoms with Crippen molar-refractivity contribution in [1.82, 2.24) is 27.9 Å². The molecule has 0 bridgehead atoms. The Hall–Kier alpha value is -5.52. The van der Waals surface area contributed by atoms with E-state index < -0.39 is 34.8 Å². The predicted molar refractivity (Wildman–Crippen MR) is 148 cm³/mol. The number of hydrogen-bond donors (Lipinski definition) is 1. The van der Waals surface area contributed by atoms with Crippen molar-refractivity contribution in [3.8, 4) is 22.9 Å². The van der Waals surface area contributed by atoms with Crippen LogP contribution in [0, 0.1) is 0 Å². The van der Waals surface area contributed by atoms with Crippen LogP contribution in [0.5, 0.6) is 11.5 Å². The summed E-state index contributed by atoms with van der Waals surface area (Å²) in [4.78, 5) is 55.0. The minimum Gasteiger partial charge on any atom is -0.504 e. The van der Waals surface area contributed by atoms with Gasteiger partial charge in [0.05, 0.1) is 37.6 Å². The predicted octanol–water partition coefficient (Wildman–Crippen LogP) is 1.41. The average Bonchev–Trinajstić information content (AvgIpc) is 3.40. The standard InChI is InChI=1S/C29H24N6O6/c1-41-24-13-12-18(16-23(24)36)25-21-14-15-30-26(37)32(19-8-4-2-5-9-19)28(39)34(30)22(21)17-31-27(38)33(29(40)35(25)31)20-10-6-3-7-11-20/h2-14,16,22,25,36H,15,17H2,1H3/t22-,25+/m1/s1. The van der Waals surface area contributed by atoms with Crippen molar-refractivity contribution in [3.05, 3.63) is 138 Å². The molecular weight excluding hydrogens is 528 g/mol. The summed E-state index contributed by atoms with van der Waals surface area (Å²) in [6.45, 7) is 0.0211. The minimum atomic E-state index is -0.855. The maximum Gasteiger partial charge on any atom is 0.352 e. The summed E-state index contributed by atoms with van der Waals surface area (Å²) in [6.07, 6.45) is 1.81. The smallest absolute Gasteiger partial charge is 0.352 e. The molecule has 7 rings (SSSR count). The lowest BCUT2D eigenvalue weighted by Crippen LogP contribution is -2.46. The first-order chi connectivity index (χ1) is 19.9. The minimum absolute atomic E-state index is 0.0590. The molecule has 2 aromatic heterocycles. The largest absolute Gasteiger partial charge is 0.504 e. The molecule has 206 valence electrons. The Morgan fingerprint density at radius 3 is 1.90 bits per heavy atom. The second-order valence-corrected chi connectivity index (χ2v) is 9.88. The van der Waals surface area contributed by atoms with Crippen LogP contribution < -0.4 is 27.5 Å². The normalized spacial score (nSPS) is 17.3. The van der Waals surface area contributed by atoms with Crippen molar-refractivity contribution in [2.45, 2.75) is 25.2 Å². The van der Waals surface area contributed by atoms with Crippen LogP contribution in [0.2, 0.25) is 0 Å². The summed E-state index contributed by atoms with van der Waals surface area (Å²) >= 11 is 0. The van der Waals surface area contributed by atoms with Gasteiger partial charge in [-0.1, -0.05) is 48.5 Å². The third-order valence-corrected chi connectivity index (χ3v) is 7.75. The van der Waals surface area contributed by atoms with Crippen LogP contribution in [-0.4, -0.2) is 40.1 Å². The first-order valence-electron chi connectivity index (χ1n) is 13.0. The zero-order valence-corrected chi connectivity index (χ0v) is 21.8. The molecule has 0 saturated carbocycles. The van der Waals surface area contributed by atoms with Crippen molar-refractivity contribution in [1.29, 1.82) is 0 Å². The molecule has 2 aliphatic heterocycles. The van der Waals surface area contributed by atoms with Gasteiger partial charge in [-0.2, -0.15) is 0 Å². The molecule has 0 fully saturated rings. The zero-order valence-electron chi connectivity index (χ0n) is 21.8. The van der Waals surface area contributed by atoms with E-state index in [1.165, 1.54) is 31.9 Å². The lowest BCUT2D eigenvalue weighted by atomic mass is 9.90. The molecule has 0 spiro atoms. The van der Waals surface area contributed by atoms with Crippen LogP contribution in [-0.2, 0) is 13.1 Å². The van der Waals surface area contributed by atoms with Crippen molar-refractivity contribution < 1.29 is 9.84 Å². The second kappa shape index (κ2) is 9.01. The highest BCUT2D eigenvalue weighted by atomic mass is 16.5. The monoisotopic (exact) mass is 552 g/mol. The highest BCUT2D eigenvalue weighted by Gasteiger charge is 2.41. The Labute approximate surface area is 231 Å². The Balaban J connectivity index is 1.49. The van der Waals surface area contributed by atoms with Gasteiger partial charge in [0, 0.05) is 0 Å². The third-order valence-electron chi connectivity index (χ3n) is 7.75. The van der Waals surface area contributed by atoms with E-state index in [9.17, 15) is 24.3 Å². The summed E-state index contributed by atoms with van der Waals surface area (Å²) < 4.78 is 12.8. The fourth-order valence-electron chi connectivity index (χ4n) is 5.93. The highest BCUT2D eigenvalue weighted by Crippen LogP contribution is 2.40. The van der Waals surface area contributed by atoms with Crippen molar-refractivity contribution in [3.63, 3.8) is 0 Å². The lowest BCUT2D eigenvalue weighted by Gasteiger charge is -2.37. The van der Waals surface area contributed by atoms with Crippen LogP contribution in [0.15, 0.2) is 110 Å². The quantitative estimate of drug-likeness (QED) is 0.336. The SMILES string of the molecule is COc1ccc([C@H]2C3=CCn4c(=O)n(-c5ccccc5)c(=O)n4[C@@H]3Cn3c(=O)n(-c4ccccc4)c(=O)n32)cc1O. The second-order valence-electron chi connectivity index (χ2n) is 9.88. The van der Waals surface area contributed by atoms with Gasteiger partial charge < -0.3 is 9.84 Å². The molecule has 2 atom stereocenters. The van der Waals surface area contributed by atoms with E-state index in [0.29, 0.717) is 22.5 Å². The molecule has 12 heteroatoms. The van der Waals surface area contributed by atoms with Crippen LogP contribution in [0.1, 0.15) is 17.6 Å². The van der Waals surface area contributed by atoms with Gasteiger partial charge in [0.25, 0.3) is 0 Å². The van der Waals surface area contributed by atoms with E-state index in [1.54, 1.807) is 72.8 Å². The molecule has 2 aliphatic rings. The van der Waals surface area contributed by atoms with E-state index in [-0.39, 0.29) is 24.6 Å². The number of phenolic OH excluding ortho intramolecular Hbond substituents is 1. The molecule has 12 nitrogen and oxygen atoms in total. The fraction of sp³-hybridized carbons (Fsp3) is 0.172. The van der Waals surface area contributed by atoms with E-state index >= 15 is 0 Å². The third kappa shape index (κ3) is 3.46. The number of fused-ring (bicyclic) bond motifs is 4. The molecule has 0 amide bonds. The average molecular weight is 553 g/mol. The molecule has 1 N–H and O–H groups in total. The number of para-hydroxylation sites is 2. The number of ether oxygens (including phenoxy) is 1. The molecule has 4 heterocycles. The van der Waals surface area contributed by atoms with Crippen molar-refractivity contribution in [2.75, 3.05) is 7.11 Å². The Morgan fingerprint density at radius 1 is 0.732 bits per heavy atom. The number of benzene rings is 3. The first kappa shape index (κ1) is 24.5. The summed E-state index contributed by atoms with van der Waals surface area (Å²) in [5.41, 5.74) is -0.242. The molecule has 5 aromatic rings. The highest BCUT2D eigenvalue weighted by molar-refractivity contribution is 5.46. The van der Waals surface area contributed by atoms with Gasteiger partial charge in [0.15, 0.2) is 11.5 Å². The number of methoxy groups -OCH3 is 1. The van der Waals surface area contributed by atoms with Crippen LogP contribution >= 0.6 is 0 Å². The van der Waals surface area contributed by atoms with Crippen molar-refractivity contribution >= 4 is 0 Å². The van der Waals surface area contributed by atoms with Crippen LogP contribution in [0.4, 0.5) is 0 Å². The summed E-state index contributed by atoms with van der Waals surface area (Å²) in [5, 5.41) is 10.6.